The van der Waals surface area contributed by atoms with Crippen molar-refractivity contribution in [1.29, 1.82) is 0 Å². The Morgan fingerprint density at radius 3 is 3.13 bits per heavy atom. The third-order valence-electron chi connectivity index (χ3n) is 2.78. The van der Waals surface area contributed by atoms with Gasteiger partial charge in [0, 0.05) is 18.4 Å². The molecule has 0 amide bonds. The summed E-state index contributed by atoms with van der Waals surface area (Å²) in [5.41, 5.74) is 1.60. The third-order valence-corrected chi connectivity index (χ3v) is 2.78. The Balaban J connectivity index is 2.44. The van der Waals surface area contributed by atoms with Gasteiger partial charge >= 0.3 is 0 Å². The van der Waals surface area contributed by atoms with Crippen LogP contribution in [0.25, 0.3) is 0 Å². The average Bonchev–Trinajstić information content (AvgIpc) is 2.65. The van der Waals surface area contributed by atoms with Crippen LogP contribution in [0.3, 0.4) is 0 Å². The number of carbonyl (C=O) groups excluding carboxylic acids is 1. The van der Waals surface area contributed by atoms with Gasteiger partial charge in [-0.1, -0.05) is 13.0 Å². The molecule has 1 aliphatic rings. The van der Waals surface area contributed by atoms with E-state index in [0.29, 0.717) is 24.3 Å². The van der Waals surface area contributed by atoms with Crippen molar-refractivity contribution in [2.75, 3.05) is 6.61 Å². The lowest BCUT2D eigenvalue weighted by atomic mass is 9.94. The highest BCUT2D eigenvalue weighted by molar-refractivity contribution is 5.54. The highest BCUT2D eigenvalue weighted by Gasteiger charge is 2.23. The van der Waals surface area contributed by atoms with E-state index in [9.17, 15) is 9.18 Å². The lowest BCUT2D eigenvalue weighted by Gasteiger charge is -2.13. The lowest BCUT2D eigenvalue weighted by molar-refractivity contribution is -0.108. The summed E-state index contributed by atoms with van der Waals surface area (Å²) in [4.78, 5) is 10.4. The number of rotatable bonds is 3. The Labute approximate surface area is 88.1 Å². The number of hydrogen-bond donors (Lipinski definition) is 0. The summed E-state index contributed by atoms with van der Waals surface area (Å²) in [6.45, 7) is 2.45. The summed E-state index contributed by atoms with van der Waals surface area (Å²) in [7, 11) is 0. The average molecular weight is 208 g/mol. The van der Waals surface area contributed by atoms with E-state index in [2.05, 4.69) is 0 Å². The molecule has 0 saturated heterocycles. The topological polar surface area (TPSA) is 26.3 Å². The summed E-state index contributed by atoms with van der Waals surface area (Å²) >= 11 is 0. The first-order valence-corrected chi connectivity index (χ1v) is 5.11. The maximum Gasteiger partial charge on any atom is 0.130 e. The summed E-state index contributed by atoms with van der Waals surface area (Å²) in [6.07, 6.45) is 1.98. The first-order valence-electron chi connectivity index (χ1n) is 5.11. The molecule has 0 N–H and O–H groups in total. The van der Waals surface area contributed by atoms with Gasteiger partial charge in [-0.05, 0) is 17.5 Å². The number of hydrogen-bond acceptors (Lipinski definition) is 2. The highest BCUT2D eigenvalue weighted by Crippen LogP contribution is 2.37. The second-order valence-corrected chi connectivity index (χ2v) is 3.85. The minimum Gasteiger partial charge on any atom is -0.493 e. The SMILES string of the molecule is CC(CC=O)c1c(F)ccc2c1OCC2. The lowest BCUT2D eigenvalue weighted by Crippen LogP contribution is -2.01. The Bertz CT molecular complexity index is 387. The molecule has 1 heterocycles. The zero-order chi connectivity index (χ0) is 10.8. The third kappa shape index (κ3) is 1.74. The van der Waals surface area contributed by atoms with Crippen molar-refractivity contribution >= 4 is 6.29 Å². The summed E-state index contributed by atoms with van der Waals surface area (Å²) in [5, 5.41) is 0. The second kappa shape index (κ2) is 4.01. The van der Waals surface area contributed by atoms with Gasteiger partial charge in [0.05, 0.1) is 6.61 Å². The first kappa shape index (κ1) is 10.1. The molecule has 0 bridgehead atoms. The van der Waals surface area contributed by atoms with Crippen molar-refractivity contribution in [3.05, 3.63) is 29.1 Å². The summed E-state index contributed by atoms with van der Waals surface area (Å²) < 4.78 is 19.0. The van der Waals surface area contributed by atoms with E-state index < -0.39 is 0 Å². The molecular formula is C12H13FO2. The second-order valence-electron chi connectivity index (χ2n) is 3.85. The predicted molar refractivity (Wildman–Crippen MR) is 54.7 cm³/mol. The number of aldehydes is 1. The van der Waals surface area contributed by atoms with Crippen molar-refractivity contribution in [1.82, 2.24) is 0 Å². The Kier molecular flexibility index (Phi) is 2.71. The van der Waals surface area contributed by atoms with Crippen LogP contribution in [0.15, 0.2) is 12.1 Å². The molecule has 1 aliphatic heterocycles. The molecule has 0 aromatic heterocycles. The largest absolute Gasteiger partial charge is 0.493 e. The van der Waals surface area contributed by atoms with E-state index in [1.807, 2.05) is 6.92 Å². The van der Waals surface area contributed by atoms with Crippen LogP contribution in [0.5, 0.6) is 5.75 Å². The maximum atomic E-state index is 13.6. The van der Waals surface area contributed by atoms with Gasteiger partial charge in [0.15, 0.2) is 0 Å². The predicted octanol–water partition coefficient (Wildman–Crippen LogP) is 2.45. The van der Waals surface area contributed by atoms with Crippen molar-refractivity contribution in [3.63, 3.8) is 0 Å². The van der Waals surface area contributed by atoms with Crippen LogP contribution in [0.1, 0.15) is 30.4 Å². The van der Waals surface area contributed by atoms with E-state index in [-0.39, 0.29) is 11.7 Å². The summed E-state index contributed by atoms with van der Waals surface area (Å²) in [5.74, 6) is 0.268. The molecule has 80 valence electrons. The molecule has 3 heteroatoms. The molecule has 1 aromatic carbocycles. The van der Waals surface area contributed by atoms with Crippen LogP contribution in [0.4, 0.5) is 4.39 Å². The van der Waals surface area contributed by atoms with Gasteiger partial charge < -0.3 is 9.53 Å². The number of benzene rings is 1. The molecule has 1 atom stereocenters. The van der Waals surface area contributed by atoms with Crippen LogP contribution in [0, 0.1) is 5.82 Å². The first-order chi connectivity index (χ1) is 7.24. The normalized spacial score (nSPS) is 15.6. The Morgan fingerprint density at radius 2 is 2.40 bits per heavy atom. The fraction of sp³-hybridized carbons (Fsp3) is 0.417. The standard InChI is InChI=1S/C12H13FO2/c1-8(4-6-14)11-10(13)3-2-9-5-7-15-12(9)11/h2-3,6,8H,4-5,7H2,1H3. The minimum atomic E-state index is -0.273. The van der Waals surface area contributed by atoms with Gasteiger partial charge in [0.2, 0.25) is 0 Å². The van der Waals surface area contributed by atoms with Crippen molar-refractivity contribution in [2.45, 2.75) is 25.7 Å². The molecule has 0 aliphatic carbocycles. The van der Waals surface area contributed by atoms with Gasteiger partial charge in [0.1, 0.15) is 17.9 Å². The quantitative estimate of drug-likeness (QED) is 0.713. The van der Waals surface area contributed by atoms with E-state index >= 15 is 0 Å². The van der Waals surface area contributed by atoms with Gasteiger partial charge in [0.25, 0.3) is 0 Å². The van der Waals surface area contributed by atoms with Gasteiger partial charge in [-0.3, -0.25) is 0 Å². The highest BCUT2D eigenvalue weighted by atomic mass is 19.1. The number of ether oxygens (including phenoxy) is 1. The zero-order valence-corrected chi connectivity index (χ0v) is 8.63. The monoisotopic (exact) mass is 208 g/mol. The molecule has 0 saturated carbocycles. The molecule has 2 rings (SSSR count). The van der Waals surface area contributed by atoms with Crippen LogP contribution in [0.2, 0.25) is 0 Å². The zero-order valence-electron chi connectivity index (χ0n) is 8.63. The Morgan fingerprint density at radius 1 is 1.60 bits per heavy atom. The molecule has 15 heavy (non-hydrogen) atoms. The molecule has 0 spiro atoms. The van der Waals surface area contributed by atoms with E-state index in [4.69, 9.17) is 4.74 Å². The van der Waals surface area contributed by atoms with Crippen LogP contribution < -0.4 is 4.74 Å². The minimum absolute atomic E-state index is 0.115. The molecule has 1 unspecified atom stereocenters. The van der Waals surface area contributed by atoms with Crippen LogP contribution in [-0.4, -0.2) is 12.9 Å². The number of fused-ring (bicyclic) bond motifs is 1. The molecule has 1 aromatic rings. The molecule has 0 radical (unpaired) electrons. The van der Waals surface area contributed by atoms with Gasteiger partial charge in [-0.15, -0.1) is 0 Å². The van der Waals surface area contributed by atoms with Crippen LogP contribution >= 0.6 is 0 Å². The Hall–Kier alpha value is -1.38. The molecule has 0 fully saturated rings. The molecular weight excluding hydrogens is 195 g/mol. The van der Waals surface area contributed by atoms with Crippen LogP contribution in [-0.2, 0) is 11.2 Å². The van der Waals surface area contributed by atoms with Gasteiger partial charge in [-0.25, -0.2) is 4.39 Å². The van der Waals surface area contributed by atoms with Gasteiger partial charge in [-0.2, -0.15) is 0 Å². The van der Waals surface area contributed by atoms with E-state index in [1.165, 1.54) is 6.07 Å². The molecule has 2 nitrogen and oxygen atoms in total. The number of halogens is 1. The van der Waals surface area contributed by atoms with E-state index in [1.54, 1.807) is 6.07 Å². The fourth-order valence-corrected chi connectivity index (χ4v) is 1.97. The van der Waals surface area contributed by atoms with Crippen molar-refractivity contribution in [2.24, 2.45) is 0 Å². The van der Waals surface area contributed by atoms with Crippen molar-refractivity contribution in [3.8, 4) is 5.75 Å². The van der Waals surface area contributed by atoms with E-state index in [0.717, 1.165) is 18.3 Å². The smallest absolute Gasteiger partial charge is 0.130 e. The summed E-state index contributed by atoms with van der Waals surface area (Å²) in [6, 6.07) is 3.22. The fourth-order valence-electron chi connectivity index (χ4n) is 1.97. The number of carbonyl (C=O) groups is 1. The van der Waals surface area contributed by atoms with Crippen molar-refractivity contribution < 1.29 is 13.9 Å². The maximum absolute atomic E-state index is 13.6.